The van der Waals surface area contributed by atoms with Crippen LogP contribution in [-0.4, -0.2) is 34.8 Å². The van der Waals surface area contributed by atoms with Crippen LogP contribution in [-0.2, 0) is 11.0 Å². The van der Waals surface area contributed by atoms with Crippen LogP contribution in [0.25, 0.3) is 10.6 Å². The number of Topliss-reactive ketones (excluding diaryl/α,β-unsaturated/α-hetero) is 1. The van der Waals surface area contributed by atoms with Gasteiger partial charge in [-0.1, -0.05) is 5.16 Å². The highest BCUT2D eigenvalue weighted by atomic mass is 32.1. The zero-order chi connectivity index (χ0) is 17.5. The predicted molar refractivity (Wildman–Crippen MR) is 79.7 cm³/mol. The van der Waals surface area contributed by atoms with Gasteiger partial charge in [-0.25, -0.2) is 0 Å². The summed E-state index contributed by atoms with van der Waals surface area (Å²) in [6.45, 7) is 1.85. The molecule has 0 N–H and O–H groups in total. The molecule has 3 rings (SSSR count). The van der Waals surface area contributed by atoms with E-state index in [4.69, 9.17) is 0 Å². The molecule has 0 atom stereocenters. The molecule has 1 amide bonds. The van der Waals surface area contributed by atoms with Crippen molar-refractivity contribution in [2.24, 2.45) is 0 Å². The summed E-state index contributed by atoms with van der Waals surface area (Å²) in [5, 5.41) is 3.49. The molecule has 1 fully saturated rings. The van der Waals surface area contributed by atoms with Crippen molar-refractivity contribution in [2.45, 2.75) is 25.9 Å². The number of rotatable bonds is 2. The molecule has 1 saturated heterocycles. The van der Waals surface area contributed by atoms with Gasteiger partial charge in [0.25, 0.3) is 5.91 Å². The van der Waals surface area contributed by atoms with Crippen molar-refractivity contribution in [2.75, 3.05) is 13.1 Å². The first-order valence-electron chi connectivity index (χ1n) is 7.22. The lowest BCUT2D eigenvalue weighted by atomic mass is 10.1. The number of amides is 1. The highest BCUT2D eigenvalue weighted by Gasteiger charge is 2.39. The molecule has 0 bridgehead atoms. The summed E-state index contributed by atoms with van der Waals surface area (Å²) in [7, 11) is 0. The lowest BCUT2D eigenvalue weighted by Crippen LogP contribution is -2.39. The first kappa shape index (κ1) is 16.7. The van der Waals surface area contributed by atoms with Crippen LogP contribution < -0.4 is 0 Å². The molecule has 0 spiro atoms. The number of likely N-dealkylation sites (tertiary alicyclic amines) is 1. The minimum atomic E-state index is -4.61. The zero-order valence-corrected chi connectivity index (χ0v) is 13.5. The van der Waals surface area contributed by atoms with Crippen LogP contribution in [0.1, 0.15) is 33.8 Å². The normalized spacial score (nSPS) is 15.8. The first-order valence-corrected chi connectivity index (χ1v) is 8.03. The van der Waals surface area contributed by atoms with Gasteiger partial charge < -0.3 is 9.42 Å². The van der Waals surface area contributed by atoms with Gasteiger partial charge in [0.2, 0.25) is 5.76 Å². The molecule has 3 heterocycles. The third-order valence-corrected chi connectivity index (χ3v) is 4.85. The third-order valence-electron chi connectivity index (χ3n) is 3.77. The van der Waals surface area contributed by atoms with Gasteiger partial charge in [0, 0.05) is 18.5 Å². The molecule has 0 unspecified atom stereocenters. The fourth-order valence-corrected chi connectivity index (χ4v) is 3.59. The average Bonchev–Trinajstić information content (AvgIpc) is 3.12. The number of alkyl halides is 3. The molecular weight excluding hydrogens is 345 g/mol. The summed E-state index contributed by atoms with van der Waals surface area (Å²) in [6.07, 6.45) is -3.52. The Morgan fingerprint density at radius 1 is 1.38 bits per heavy atom. The molecule has 5 nitrogen and oxygen atoms in total. The van der Waals surface area contributed by atoms with Crippen molar-refractivity contribution < 1.29 is 27.3 Å². The van der Waals surface area contributed by atoms with E-state index in [9.17, 15) is 22.8 Å². The van der Waals surface area contributed by atoms with Gasteiger partial charge >= 0.3 is 6.18 Å². The highest BCUT2D eigenvalue weighted by Crippen LogP contribution is 2.38. The Bertz CT molecular complexity index is 794. The summed E-state index contributed by atoms with van der Waals surface area (Å²) >= 11 is 1.03. The van der Waals surface area contributed by atoms with Crippen molar-refractivity contribution in [3.05, 3.63) is 28.3 Å². The lowest BCUT2D eigenvalue weighted by molar-refractivity contribution is -0.156. The molecule has 2 aromatic heterocycles. The van der Waals surface area contributed by atoms with Crippen LogP contribution in [0.3, 0.4) is 0 Å². The Morgan fingerprint density at radius 2 is 2.12 bits per heavy atom. The standard InChI is InChI=1S/C15H13F3N2O3S/c1-8-12(19-23-13(8)15(16,17)18)10-4-5-11(24-10)14(22)20-6-2-3-9(21)7-20/h4-5H,2-3,6-7H2,1H3. The SMILES string of the molecule is Cc1c(-c2ccc(C(=O)N3CCCC(=O)C3)s2)noc1C(F)(F)F. The number of nitrogens with zero attached hydrogens (tertiary/aromatic N) is 2. The van der Waals surface area contributed by atoms with Crippen molar-refractivity contribution in [3.8, 4) is 10.6 Å². The molecule has 0 aliphatic carbocycles. The van der Waals surface area contributed by atoms with Crippen LogP contribution in [0.4, 0.5) is 13.2 Å². The number of aromatic nitrogens is 1. The smallest absolute Gasteiger partial charge is 0.351 e. The van der Waals surface area contributed by atoms with E-state index in [2.05, 4.69) is 9.68 Å². The molecule has 0 radical (unpaired) electrons. The second-order valence-corrected chi connectivity index (χ2v) is 6.60. The van der Waals surface area contributed by atoms with Gasteiger partial charge in [0.1, 0.15) is 5.69 Å². The molecule has 2 aromatic rings. The summed E-state index contributed by atoms with van der Waals surface area (Å²) in [6, 6.07) is 3.07. The van der Waals surface area contributed by atoms with Crippen molar-refractivity contribution in [1.29, 1.82) is 0 Å². The van der Waals surface area contributed by atoms with E-state index in [1.54, 1.807) is 0 Å². The maximum Gasteiger partial charge on any atom is 0.452 e. The van der Waals surface area contributed by atoms with Crippen LogP contribution in [0.15, 0.2) is 16.7 Å². The summed E-state index contributed by atoms with van der Waals surface area (Å²) in [5.74, 6) is -1.43. The summed E-state index contributed by atoms with van der Waals surface area (Å²) in [5.41, 5.74) is -0.0439. The number of thiophene rings is 1. The fraction of sp³-hybridized carbons (Fsp3) is 0.400. The van der Waals surface area contributed by atoms with Gasteiger partial charge in [0.05, 0.1) is 16.3 Å². The summed E-state index contributed by atoms with van der Waals surface area (Å²) in [4.78, 5) is 26.1. The zero-order valence-electron chi connectivity index (χ0n) is 12.6. The Morgan fingerprint density at radius 3 is 2.75 bits per heavy atom. The highest BCUT2D eigenvalue weighted by molar-refractivity contribution is 7.17. The first-order chi connectivity index (χ1) is 11.3. The van der Waals surface area contributed by atoms with E-state index in [1.165, 1.54) is 24.0 Å². The average molecular weight is 358 g/mol. The number of piperidine rings is 1. The minimum Gasteiger partial charge on any atom is -0.351 e. The Labute approximate surface area is 139 Å². The minimum absolute atomic E-state index is 0.00791. The Hall–Kier alpha value is -2.16. The van der Waals surface area contributed by atoms with E-state index >= 15 is 0 Å². The van der Waals surface area contributed by atoms with Crippen molar-refractivity contribution >= 4 is 23.0 Å². The quantitative estimate of drug-likeness (QED) is 0.824. The van der Waals surface area contributed by atoms with E-state index < -0.39 is 11.9 Å². The lowest BCUT2D eigenvalue weighted by Gasteiger charge is -2.25. The molecule has 0 aromatic carbocycles. The van der Waals surface area contributed by atoms with Gasteiger partial charge in [-0.15, -0.1) is 11.3 Å². The fourth-order valence-electron chi connectivity index (χ4n) is 2.58. The molecule has 9 heteroatoms. The van der Waals surface area contributed by atoms with Crippen LogP contribution >= 0.6 is 11.3 Å². The second-order valence-electron chi connectivity index (χ2n) is 5.52. The number of hydrogen-bond acceptors (Lipinski definition) is 5. The number of carbonyl (C=O) groups is 2. The molecule has 24 heavy (non-hydrogen) atoms. The number of hydrogen-bond donors (Lipinski definition) is 0. The van der Waals surface area contributed by atoms with E-state index in [0.717, 1.165) is 11.3 Å². The van der Waals surface area contributed by atoms with Gasteiger partial charge in [0.15, 0.2) is 5.78 Å². The number of halogens is 3. The van der Waals surface area contributed by atoms with Crippen molar-refractivity contribution in [1.82, 2.24) is 10.1 Å². The summed E-state index contributed by atoms with van der Waals surface area (Å²) < 4.78 is 42.7. The maximum absolute atomic E-state index is 12.8. The number of carbonyl (C=O) groups excluding carboxylic acids is 2. The van der Waals surface area contributed by atoms with Crippen LogP contribution in [0, 0.1) is 6.92 Å². The Balaban J connectivity index is 1.85. The van der Waals surface area contributed by atoms with E-state index in [-0.39, 0.29) is 29.5 Å². The molecular formula is C15H13F3N2O3S. The molecule has 1 aliphatic rings. The monoisotopic (exact) mass is 358 g/mol. The number of ketones is 1. The maximum atomic E-state index is 12.8. The van der Waals surface area contributed by atoms with E-state index in [1.807, 2.05) is 0 Å². The van der Waals surface area contributed by atoms with Gasteiger partial charge in [-0.3, -0.25) is 9.59 Å². The van der Waals surface area contributed by atoms with Gasteiger partial charge in [-0.05, 0) is 25.5 Å². The van der Waals surface area contributed by atoms with Crippen LogP contribution in [0.2, 0.25) is 0 Å². The molecule has 0 saturated carbocycles. The van der Waals surface area contributed by atoms with Gasteiger partial charge in [-0.2, -0.15) is 13.2 Å². The predicted octanol–water partition coefficient (Wildman–Crippen LogP) is 3.54. The van der Waals surface area contributed by atoms with Crippen molar-refractivity contribution in [3.63, 3.8) is 0 Å². The largest absolute Gasteiger partial charge is 0.452 e. The Kier molecular flexibility index (Phi) is 4.20. The molecule has 1 aliphatic heterocycles. The van der Waals surface area contributed by atoms with Crippen LogP contribution in [0.5, 0.6) is 0 Å². The van der Waals surface area contributed by atoms with E-state index in [0.29, 0.717) is 29.1 Å². The third kappa shape index (κ3) is 3.08. The molecule has 128 valence electrons. The second kappa shape index (κ2) is 6.04. The topological polar surface area (TPSA) is 63.4 Å².